The first-order valence-corrected chi connectivity index (χ1v) is 7.34. The van der Waals surface area contributed by atoms with Crippen LogP contribution in [0.25, 0.3) is 0 Å². The van der Waals surface area contributed by atoms with Crippen LogP contribution in [0.4, 0.5) is 0 Å². The maximum atomic E-state index is 6.20. The van der Waals surface area contributed by atoms with Crippen molar-refractivity contribution in [3.63, 3.8) is 0 Å². The van der Waals surface area contributed by atoms with Crippen molar-refractivity contribution in [2.24, 2.45) is 17.3 Å². The molecule has 3 unspecified atom stereocenters. The van der Waals surface area contributed by atoms with Gasteiger partial charge in [-0.15, -0.1) is 0 Å². The van der Waals surface area contributed by atoms with E-state index in [2.05, 4.69) is 26.2 Å². The summed E-state index contributed by atoms with van der Waals surface area (Å²) >= 11 is 0. The van der Waals surface area contributed by atoms with Gasteiger partial charge < -0.3 is 10.1 Å². The average Bonchev–Trinajstić information content (AvgIpc) is 2.68. The van der Waals surface area contributed by atoms with E-state index in [1.165, 1.54) is 45.1 Å². The Hall–Kier alpha value is -0.0800. The van der Waals surface area contributed by atoms with E-state index in [-0.39, 0.29) is 5.60 Å². The largest absolute Gasteiger partial charge is 0.372 e. The van der Waals surface area contributed by atoms with Crippen molar-refractivity contribution in [1.82, 2.24) is 5.32 Å². The number of ether oxygens (including phenoxy) is 1. The first-order valence-electron chi connectivity index (χ1n) is 7.34. The zero-order valence-corrected chi connectivity index (χ0v) is 11.6. The van der Waals surface area contributed by atoms with E-state index in [1.807, 2.05) is 0 Å². The highest BCUT2D eigenvalue weighted by Crippen LogP contribution is 2.61. The predicted molar refractivity (Wildman–Crippen MR) is 70.0 cm³/mol. The van der Waals surface area contributed by atoms with Crippen LogP contribution in [0.1, 0.15) is 52.4 Å². The lowest BCUT2D eigenvalue weighted by Gasteiger charge is -2.34. The van der Waals surface area contributed by atoms with Gasteiger partial charge in [0.15, 0.2) is 0 Å². The molecule has 0 spiro atoms. The molecule has 1 N–H and O–H groups in total. The van der Waals surface area contributed by atoms with Crippen LogP contribution in [0.3, 0.4) is 0 Å². The van der Waals surface area contributed by atoms with Crippen molar-refractivity contribution in [3.05, 3.63) is 0 Å². The predicted octanol–water partition coefficient (Wildman–Crippen LogP) is 2.97. The Kier molecular flexibility index (Phi) is 2.79. The van der Waals surface area contributed by atoms with Crippen LogP contribution >= 0.6 is 0 Å². The summed E-state index contributed by atoms with van der Waals surface area (Å²) in [5.41, 5.74) is 0.695. The molecule has 2 saturated carbocycles. The molecule has 3 fully saturated rings. The number of hydrogen-bond acceptors (Lipinski definition) is 2. The highest BCUT2D eigenvalue weighted by Gasteiger charge is 2.54. The second-order valence-corrected chi connectivity index (χ2v) is 7.44. The van der Waals surface area contributed by atoms with E-state index in [1.54, 1.807) is 0 Å². The standard InChI is InChI=1S/C15H27NO/c1-14(2)5-4-13(17-14)9-15(10-16-3)7-11-6-12(11)8-15/h11-13,16H,4-10H2,1-3H3. The zero-order chi connectivity index (χ0) is 12.1. The summed E-state index contributed by atoms with van der Waals surface area (Å²) in [6.07, 6.45) is 8.76. The van der Waals surface area contributed by atoms with E-state index in [9.17, 15) is 0 Å². The van der Waals surface area contributed by atoms with Gasteiger partial charge >= 0.3 is 0 Å². The summed E-state index contributed by atoms with van der Waals surface area (Å²) in [7, 11) is 2.10. The minimum absolute atomic E-state index is 0.132. The fourth-order valence-electron chi connectivity index (χ4n) is 4.47. The van der Waals surface area contributed by atoms with Crippen LogP contribution in [0.2, 0.25) is 0 Å². The molecule has 2 nitrogen and oxygen atoms in total. The molecule has 0 radical (unpaired) electrons. The molecule has 2 aliphatic carbocycles. The summed E-state index contributed by atoms with van der Waals surface area (Å²) < 4.78 is 6.20. The van der Waals surface area contributed by atoms with Gasteiger partial charge in [0.25, 0.3) is 0 Å². The minimum atomic E-state index is 0.132. The molecule has 1 saturated heterocycles. The topological polar surface area (TPSA) is 21.3 Å². The number of fused-ring (bicyclic) bond motifs is 1. The summed E-state index contributed by atoms with van der Waals surface area (Å²) in [4.78, 5) is 0. The second-order valence-electron chi connectivity index (χ2n) is 7.44. The summed E-state index contributed by atoms with van der Waals surface area (Å²) in [5, 5.41) is 3.43. The van der Waals surface area contributed by atoms with Crippen LogP contribution in [0.5, 0.6) is 0 Å². The lowest BCUT2D eigenvalue weighted by molar-refractivity contribution is -0.0363. The van der Waals surface area contributed by atoms with Gasteiger partial charge in [0.2, 0.25) is 0 Å². The summed E-state index contributed by atoms with van der Waals surface area (Å²) in [5.74, 6) is 2.13. The molecule has 3 rings (SSSR count). The van der Waals surface area contributed by atoms with Crippen LogP contribution in [-0.2, 0) is 4.74 Å². The Bertz CT molecular complexity index is 289. The molecule has 98 valence electrons. The molecule has 0 amide bonds. The fraction of sp³-hybridized carbons (Fsp3) is 1.00. The average molecular weight is 237 g/mol. The third kappa shape index (κ3) is 2.39. The molecular formula is C15H27NO. The third-order valence-electron chi connectivity index (χ3n) is 5.23. The number of rotatable bonds is 4. The smallest absolute Gasteiger partial charge is 0.0631 e. The normalized spacial score (nSPS) is 47.1. The fourth-order valence-corrected chi connectivity index (χ4v) is 4.47. The van der Waals surface area contributed by atoms with E-state index >= 15 is 0 Å². The molecular weight excluding hydrogens is 210 g/mol. The molecule has 0 aromatic carbocycles. The second kappa shape index (κ2) is 3.96. The third-order valence-corrected chi connectivity index (χ3v) is 5.23. The van der Waals surface area contributed by atoms with Crippen molar-refractivity contribution in [2.75, 3.05) is 13.6 Å². The summed E-state index contributed by atoms with van der Waals surface area (Å²) in [6, 6.07) is 0. The zero-order valence-electron chi connectivity index (χ0n) is 11.6. The lowest BCUT2D eigenvalue weighted by atomic mass is 9.77. The molecule has 1 aliphatic heterocycles. The quantitative estimate of drug-likeness (QED) is 0.811. The van der Waals surface area contributed by atoms with Crippen molar-refractivity contribution < 1.29 is 4.74 Å². The monoisotopic (exact) mass is 237 g/mol. The van der Waals surface area contributed by atoms with Crippen molar-refractivity contribution in [1.29, 1.82) is 0 Å². The van der Waals surface area contributed by atoms with Gasteiger partial charge in [0, 0.05) is 6.54 Å². The minimum Gasteiger partial charge on any atom is -0.372 e. The van der Waals surface area contributed by atoms with Gasteiger partial charge in [-0.05, 0) is 76.7 Å². The number of nitrogens with one attached hydrogen (secondary N) is 1. The first kappa shape index (κ1) is 12.0. The lowest BCUT2D eigenvalue weighted by Crippen LogP contribution is -2.35. The van der Waals surface area contributed by atoms with Gasteiger partial charge in [0.1, 0.15) is 0 Å². The maximum Gasteiger partial charge on any atom is 0.0631 e. The Balaban J connectivity index is 1.61. The van der Waals surface area contributed by atoms with Crippen LogP contribution < -0.4 is 5.32 Å². The molecule has 1 heterocycles. The van der Waals surface area contributed by atoms with Gasteiger partial charge in [-0.3, -0.25) is 0 Å². The highest BCUT2D eigenvalue weighted by molar-refractivity contribution is 5.05. The molecule has 3 aliphatic rings. The van der Waals surface area contributed by atoms with E-state index in [4.69, 9.17) is 4.74 Å². The molecule has 0 bridgehead atoms. The Morgan fingerprint density at radius 2 is 1.94 bits per heavy atom. The Labute approximate surface area is 105 Å². The van der Waals surface area contributed by atoms with E-state index in [0.717, 1.165) is 11.8 Å². The Morgan fingerprint density at radius 1 is 1.24 bits per heavy atom. The van der Waals surface area contributed by atoms with Crippen LogP contribution in [-0.4, -0.2) is 25.3 Å². The van der Waals surface area contributed by atoms with E-state index in [0.29, 0.717) is 11.5 Å². The Morgan fingerprint density at radius 3 is 2.47 bits per heavy atom. The molecule has 17 heavy (non-hydrogen) atoms. The molecule has 2 heteroatoms. The van der Waals surface area contributed by atoms with Crippen LogP contribution in [0, 0.1) is 17.3 Å². The van der Waals surface area contributed by atoms with Crippen LogP contribution in [0.15, 0.2) is 0 Å². The molecule has 0 aromatic heterocycles. The van der Waals surface area contributed by atoms with Gasteiger partial charge in [-0.25, -0.2) is 0 Å². The van der Waals surface area contributed by atoms with Gasteiger partial charge in [-0.1, -0.05) is 0 Å². The van der Waals surface area contributed by atoms with Crippen molar-refractivity contribution in [2.45, 2.75) is 64.1 Å². The maximum absolute atomic E-state index is 6.20. The highest BCUT2D eigenvalue weighted by atomic mass is 16.5. The number of hydrogen-bond donors (Lipinski definition) is 1. The van der Waals surface area contributed by atoms with Crippen molar-refractivity contribution in [3.8, 4) is 0 Å². The van der Waals surface area contributed by atoms with Gasteiger partial charge in [-0.2, -0.15) is 0 Å². The van der Waals surface area contributed by atoms with E-state index < -0.39 is 0 Å². The summed E-state index contributed by atoms with van der Waals surface area (Å²) in [6.45, 7) is 5.67. The van der Waals surface area contributed by atoms with Gasteiger partial charge in [0.05, 0.1) is 11.7 Å². The molecule has 3 atom stereocenters. The SMILES string of the molecule is CNCC1(CC2CCC(C)(C)O2)CC2CC2C1. The van der Waals surface area contributed by atoms with Crippen molar-refractivity contribution >= 4 is 0 Å². The first-order chi connectivity index (χ1) is 8.02. The molecule has 0 aromatic rings.